The van der Waals surface area contributed by atoms with Crippen molar-refractivity contribution in [2.45, 2.75) is 13.3 Å². The summed E-state index contributed by atoms with van der Waals surface area (Å²) in [5.74, 6) is 0.839. The lowest BCUT2D eigenvalue weighted by atomic mass is 9.94. The fourth-order valence-corrected chi connectivity index (χ4v) is 3.19. The number of thiazole rings is 1. The number of hydrogen-bond donors (Lipinski definition) is 2. The van der Waals surface area contributed by atoms with E-state index in [1.165, 1.54) is 0 Å². The van der Waals surface area contributed by atoms with Crippen LogP contribution in [0.3, 0.4) is 0 Å². The van der Waals surface area contributed by atoms with Crippen LogP contribution in [0, 0.1) is 5.92 Å². The molecule has 1 unspecified atom stereocenters. The van der Waals surface area contributed by atoms with Gasteiger partial charge in [-0.3, -0.25) is 4.79 Å². The van der Waals surface area contributed by atoms with Gasteiger partial charge in [-0.25, -0.2) is 15.4 Å². The summed E-state index contributed by atoms with van der Waals surface area (Å²) in [5, 5.41) is 6.99. The Labute approximate surface area is 130 Å². The number of carbonyl (C=O) groups excluding carboxylic acids is 1. The minimum absolute atomic E-state index is 0.0371. The van der Waals surface area contributed by atoms with E-state index in [0.29, 0.717) is 6.42 Å². The Morgan fingerprint density at radius 2 is 2.27 bits per heavy atom. The number of amides is 1. The molecule has 0 fully saturated rings. The van der Waals surface area contributed by atoms with Crippen LogP contribution in [0.15, 0.2) is 34.9 Å². The van der Waals surface area contributed by atoms with Gasteiger partial charge in [-0.2, -0.15) is 5.10 Å². The minimum atomic E-state index is -0.0371. The molecule has 0 radical (unpaired) electrons. The largest absolute Gasteiger partial charge is 0.336 e. The highest BCUT2D eigenvalue weighted by Gasteiger charge is 2.22. The predicted molar refractivity (Wildman–Crippen MR) is 85.7 cm³/mol. The highest BCUT2D eigenvalue weighted by Crippen LogP contribution is 2.24. The van der Waals surface area contributed by atoms with Gasteiger partial charge in [-0.1, -0.05) is 13.0 Å². The third-order valence-electron chi connectivity index (χ3n) is 3.67. The summed E-state index contributed by atoms with van der Waals surface area (Å²) in [6.07, 6.45) is 2.23. The Balaban J connectivity index is 1.76. The number of aromatic nitrogens is 3. The molecular formula is C15H13N5OS. The second-order valence-electron chi connectivity index (χ2n) is 5.29. The molecule has 0 saturated heterocycles. The number of benzene rings is 1. The molecule has 1 aliphatic heterocycles. The van der Waals surface area contributed by atoms with Crippen molar-refractivity contribution in [3.05, 3.63) is 35.3 Å². The third-order valence-corrected chi connectivity index (χ3v) is 4.45. The van der Waals surface area contributed by atoms with Crippen molar-refractivity contribution < 1.29 is 4.79 Å². The zero-order valence-corrected chi connectivity index (χ0v) is 12.6. The molecule has 22 heavy (non-hydrogen) atoms. The molecule has 1 aliphatic rings. The van der Waals surface area contributed by atoms with Crippen LogP contribution in [0.4, 0.5) is 0 Å². The lowest BCUT2D eigenvalue weighted by Gasteiger charge is -2.18. The number of hydrazone groups is 1. The fourth-order valence-electron chi connectivity index (χ4n) is 2.61. The molecule has 2 aromatic heterocycles. The van der Waals surface area contributed by atoms with Gasteiger partial charge >= 0.3 is 0 Å². The Morgan fingerprint density at radius 3 is 3.05 bits per heavy atom. The monoisotopic (exact) mass is 311 g/mol. The van der Waals surface area contributed by atoms with Crippen molar-refractivity contribution >= 4 is 34.0 Å². The number of aromatic amines is 1. The Bertz CT molecular complexity index is 881. The number of carbonyl (C=O) groups is 1. The Hall–Kier alpha value is -2.54. The van der Waals surface area contributed by atoms with Crippen molar-refractivity contribution in [1.29, 1.82) is 0 Å². The molecule has 2 N–H and O–H groups in total. The molecule has 7 heteroatoms. The van der Waals surface area contributed by atoms with E-state index in [-0.39, 0.29) is 11.8 Å². The molecule has 1 atom stereocenters. The van der Waals surface area contributed by atoms with E-state index in [0.717, 1.165) is 33.1 Å². The molecule has 0 bridgehead atoms. The molecular weight excluding hydrogens is 298 g/mol. The zero-order valence-electron chi connectivity index (χ0n) is 11.8. The molecule has 0 saturated carbocycles. The number of H-pyrrole nitrogens is 1. The van der Waals surface area contributed by atoms with Crippen LogP contribution >= 0.6 is 11.3 Å². The molecule has 0 aliphatic carbocycles. The van der Waals surface area contributed by atoms with Gasteiger partial charge in [-0.15, -0.1) is 11.3 Å². The first-order valence-corrected chi connectivity index (χ1v) is 7.85. The van der Waals surface area contributed by atoms with Crippen LogP contribution < -0.4 is 5.43 Å². The Morgan fingerprint density at radius 1 is 1.36 bits per heavy atom. The summed E-state index contributed by atoms with van der Waals surface area (Å²) in [4.78, 5) is 23.5. The molecule has 3 heterocycles. The summed E-state index contributed by atoms with van der Waals surface area (Å²) < 4.78 is 0. The van der Waals surface area contributed by atoms with E-state index in [1.54, 1.807) is 17.5 Å². The van der Waals surface area contributed by atoms with Gasteiger partial charge in [0, 0.05) is 29.5 Å². The van der Waals surface area contributed by atoms with Crippen molar-refractivity contribution in [3.8, 4) is 10.8 Å². The van der Waals surface area contributed by atoms with Crippen molar-refractivity contribution in [3.63, 3.8) is 0 Å². The zero-order chi connectivity index (χ0) is 15.1. The first-order chi connectivity index (χ1) is 10.7. The smallest absolute Gasteiger partial charge is 0.240 e. The standard InChI is InChI=1S/C15H13N5OS/c1-8-6-12(21)19-20-13(8)9-2-3-10-11(7-9)18-14(17-10)15-16-4-5-22-15/h2-5,7-8H,6H2,1H3,(H,17,18)(H,19,21). The summed E-state index contributed by atoms with van der Waals surface area (Å²) >= 11 is 1.55. The first-order valence-electron chi connectivity index (χ1n) is 6.97. The summed E-state index contributed by atoms with van der Waals surface area (Å²) in [6, 6.07) is 5.97. The lowest BCUT2D eigenvalue weighted by molar-refractivity contribution is -0.121. The number of fused-ring (bicyclic) bond motifs is 1. The summed E-state index contributed by atoms with van der Waals surface area (Å²) in [5.41, 5.74) is 6.27. The van der Waals surface area contributed by atoms with E-state index >= 15 is 0 Å². The quantitative estimate of drug-likeness (QED) is 0.763. The van der Waals surface area contributed by atoms with E-state index < -0.39 is 0 Å². The number of rotatable bonds is 2. The van der Waals surface area contributed by atoms with Crippen LogP contribution in [-0.4, -0.2) is 26.6 Å². The van der Waals surface area contributed by atoms with Crippen LogP contribution in [0.5, 0.6) is 0 Å². The maximum Gasteiger partial charge on any atom is 0.240 e. The topological polar surface area (TPSA) is 83.0 Å². The highest BCUT2D eigenvalue weighted by atomic mass is 32.1. The van der Waals surface area contributed by atoms with Crippen LogP contribution in [0.25, 0.3) is 21.9 Å². The number of hydrogen-bond acceptors (Lipinski definition) is 5. The van der Waals surface area contributed by atoms with Crippen LogP contribution in [-0.2, 0) is 4.79 Å². The van der Waals surface area contributed by atoms with Gasteiger partial charge in [-0.05, 0) is 12.1 Å². The van der Waals surface area contributed by atoms with Crippen molar-refractivity contribution in [2.75, 3.05) is 0 Å². The Kier molecular flexibility index (Phi) is 3.00. The minimum Gasteiger partial charge on any atom is -0.336 e. The SMILES string of the molecule is CC1CC(=O)NN=C1c1ccc2nc(-c3nccs3)[nH]c2c1. The molecule has 3 aromatic rings. The highest BCUT2D eigenvalue weighted by molar-refractivity contribution is 7.13. The molecule has 1 aromatic carbocycles. The van der Waals surface area contributed by atoms with E-state index in [1.807, 2.05) is 30.5 Å². The summed E-state index contributed by atoms with van der Waals surface area (Å²) in [7, 11) is 0. The molecule has 1 amide bonds. The van der Waals surface area contributed by atoms with Crippen molar-refractivity contribution in [1.82, 2.24) is 20.4 Å². The normalized spacial score (nSPS) is 18.3. The average molecular weight is 311 g/mol. The van der Waals surface area contributed by atoms with Crippen molar-refractivity contribution in [2.24, 2.45) is 11.0 Å². The lowest BCUT2D eigenvalue weighted by Crippen LogP contribution is -2.31. The van der Waals surface area contributed by atoms with Gasteiger partial charge in [0.2, 0.25) is 5.91 Å². The fraction of sp³-hybridized carbons (Fsp3) is 0.200. The third kappa shape index (κ3) is 2.19. The van der Waals surface area contributed by atoms with E-state index in [2.05, 4.69) is 25.5 Å². The van der Waals surface area contributed by atoms with E-state index in [9.17, 15) is 4.79 Å². The van der Waals surface area contributed by atoms with Gasteiger partial charge in [0.05, 0.1) is 16.7 Å². The molecule has 110 valence electrons. The second-order valence-corrected chi connectivity index (χ2v) is 6.19. The van der Waals surface area contributed by atoms with E-state index in [4.69, 9.17) is 0 Å². The molecule has 6 nitrogen and oxygen atoms in total. The average Bonchev–Trinajstić information content (AvgIpc) is 3.15. The van der Waals surface area contributed by atoms with Gasteiger partial charge < -0.3 is 4.98 Å². The number of nitrogens with zero attached hydrogens (tertiary/aromatic N) is 3. The van der Waals surface area contributed by atoms with Crippen LogP contribution in [0.2, 0.25) is 0 Å². The van der Waals surface area contributed by atoms with Crippen LogP contribution in [0.1, 0.15) is 18.9 Å². The maximum absolute atomic E-state index is 11.4. The molecule has 4 rings (SSSR count). The first kappa shape index (κ1) is 13.1. The molecule has 0 spiro atoms. The van der Waals surface area contributed by atoms with Gasteiger partial charge in [0.15, 0.2) is 10.8 Å². The summed E-state index contributed by atoms with van der Waals surface area (Å²) in [6.45, 7) is 2.01. The second kappa shape index (κ2) is 5.03. The maximum atomic E-state index is 11.4. The predicted octanol–water partition coefficient (Wildman–Crippen LogP) is 2.55. The van der Waals surface area contributed by atoms with Gasteiger partial charge in [0.25, 0.3) is 0 Å². The van der Waals surface area contributed by atoms with Gasteiger partial charge in [0.1, 0.15) is 0 Å². The number of nitrogens with one attached hydrogen (secondary N) is 2. The number of imidazole rings is 1.